The first-order valence-corrected chi connectivity index (χ1v) is 20.9. The summed E-state index contributed by atoms with van der Waals surface area (Å²) in [6.45, 7) is 24.4. The Morgan fingerprint density at radius 2 is 1.16 bits per heavy atom. The maximum absolute atomic E-state index is 13.0. The van der Waals surface area contributed by atoms with Gasteiger partial charge in [-0.3, -0.25) is 14.4 Å². The molecule has 0 aromatic rings. The summed E-state index contributed by atoms with van der Waals surface area (Å²) in [6.07, 6.45) is 35.4. The van der Waals surface area contributed by atoms with Crippen LogP contribution in [0.3, 0.4) is 0 Å². The van der Waals surface area contributed by atoms with Gasteiger partial charge in [-0.25, -0.2) is 0 Å². The standard InChI is InChI=1S/C50H74N2O3/c1-12-13-27-46(53)45(52-48(55)36-40(5)23-17-21-38(3)29-31-44-42(7)25-19-33-50(44,10)11)26-14-15-34-51-47(54)35-39(4)22-16-20-37(2)28-30-43-41(6)24-18-32-49(43,8)9/h16-17,20-23,28-31,35-36,45H,12-15,18-19,24-27,32-34H2,1-11H3,(H,51,54)(H,52,55)/b22-16+,23-17+,30-28+,31-29+,37-20+,38-21+,39-35+,40-36+. The van der Waals surface area contributed by atoms with E-state index in [9.17, 15) is 14.4 Å². The average Bonchev–Trinajstić information content (AvgIpc) is 3.08. The van der Waals surface area contributed by atoms with Crippen LogP contribution in [0.15, 0.2) is 117 Å². The van der Waals surface area contributed by atoms with E-state index >= 15 is 0 Å². The van der Waals surface area contributed by atoms with Crippen molar-refractivity contribution in [1.82, 2.24) is 10.6 Å². The molecule has 0 bridgehead atoms. The lowest BCUT2D eigenvalue weighted by Crippen LogP contribution is -2.40. The lowest BCUT2D eigenvalue weighted by atomic mass is 9.72. The summed E-state index contributed by atoms with van der Waals surface area (Å²) in [7, 11) is 0. The largest absolute Gasteiger partial charge is 0.353 e. The summed E-state index contributed by atoms with van der Waals surface area (Å²) in [5.74, 6) is -0.333. The van der Waals surface area contributed by atoms with Crippen LogP contribution in [-0.4, -0.2) is 30.2 Å². The molecule has 0 spiro atoms. The lowest BCUT2D eigenvalue weighted by molar-refractivity contribution is -0.126. The van der Waals surface area contributed by atoms with E-state index in [0.29, 0.717) is 25.8 Å². The zero-order valence-electron chi connectivity index (χ0n) is 36.4. The Hall–Kier alpha value is -3.99. The van der Waals surface area contributed by atoms with Crippen LogP contribution in [0.5, 0.6) is 0 Å². The fourth-order valence-electron chi connectivity index (χ4n) is 7.56. The van der Waals surface area contributed by atoms with Crippen molar-refractivity contribution in [3.8, 4) is 0 Å². The van der Waals surface area contributed by atoms with Gasteiger partial charge in [0.05, 0.1) is 6.04 Å². The number of amides is 2. The zero-order valence-corrected chi connectivity index (χ0v) is 36.4. The maximum Gasteiger partial charge on any atom is 0.244 e. The minimum atomic E-state index is -0.537. The molecule has 1 unspecified atom stereocenters. The minimum absolute atomic E-state index is 0.0628. The topological polar surface area (TPSA) is 75.3 Å². The third kappa shape index (κ3) is 18.0. The van der Waals surface area contributed by atoms with Gasteiger partial charge in [-0.05, 0) is 139 Å². The van der Waals surface area contributed by atoms with E-state index in [1.54, 1.807) is 12.2 Å². The highest BCUT2D eigenvalue weighted by molar-refractivity contribution is 5.94. The quantitative estimate of drug-likeness (QED) is 0.0739. The van der Waals surface area contributed by atoms with Crippen molar-refractivity contribution >= 4 is 17.6 Å². The van der Waals surface area contributed by atoms with E-state index in [2.05, 4.69) is 109 Å². The number of rotatable bonds is 20. The van der Waals surface area contributed by atoms with Crippen LogP contribution >= 0.6 is 0 Å². The van der Waals surface area contributed by atoms with Crippen molar-refractivity contribution in [2.24, 2.45) is 10.8 Å². The van der Waals surface area contributed by atoms with Crippen LogP contribution in [0.4, 0.5) is 0 Å². The number of nitrogens with one attached hydrogen (secondary N) is 2. The monoisotopic (exact) mass is 751 g/mol. The molecule has 2 aliphatic rings. The van der Waals surface area contributed by atoms with Crippen molar-refractivity contribution < 1.29 is 14.4 Å². The summed E-state index contributed by atoms with van der Waals surface area (Å²) in [6, 6.07) is -0.537. The fraction of sp³-hybridized carbons (Fsp3) is 0.540. The predicted molar refractivity (Wildman–Crippen MR) is 236 cm³/mol. The molecule has 2 amide bonds. The van der Waals surface area contributed by atoms with E-state index < -0.39 is 6.04 Å². The van der Waals surface area contributed by atoms with Crippen LogP contribution < -0.4 is 10.6 Å². The van der Waals surface area contributed by atoms with Gasteiger partial charge >= 0.3 is 0 Å². The van der Waals surface area contributed by atoms with Crippen LogP contribution in [0.25, 0.3) is 0 Å². The average molecular weight is 751 g/mol. The molecule has 0 aromatic carbocycles. The van der Waals surface area contributed by atoms with Crippen molar-refractivity contribution in [3.05, 3.63) is 117 Å². The number of allylic oxidation sites excluding steroid dienone is 18. The number of Topliss-reactive ketones (excluding diaryl/α,β-unsaturated/α-hetero) is 1. The third-order valence-corrected chi connectivity index (χ3v) is 11.0. The predicted octanol–water partition coefficient (Wildman–Crippen LogP) is 12.6. The number of unbranched alkanes of at least 4 members (excludes halogenated alkanes) is 2. The Labute approximate surface area is 335 Å². The molecule has 5 heteroatoms. The van der Waals surface area contributed by atoms with Crippen LogP contribution in [0.2, 0.25) is 0 Å². The molecular weight excluding hydrogens is 677 g/mol. The van der Waals surface area contributed by atoms with E-state index in [1.807, 2.05) is 38.2 Å². The van der Waals surface area contributed by atoms with E-state index in [0.717, 1.165) is 41.6 Å². The number of hydrogen-bond acceptors (Lipinski definition) is 3. The molecule has 0 saturated carbocycles. The highest BCUT2D eigenvalue weighted by Gasteiger charge is 2.27. The summed E-state index contributed by atoms with van der Waals surface area (Å²) in [5.41, 5.74) is 10.3. The lowest BCUT2D eigenvalue weighted by Gasteiger charge is -2.33. The summed E-state index contributed by atoms with van der Waals surface area (Å²) >= 11 is 0. The van der Waals surface area contributed by atoms with Gasteiger partial charge < -0.3 is 10.6 Å². The minimum Gasteiger partial charge on any atom is -0.353 e. The van der Waals surface area contributed by atoms with E-state index in [4.69, 9.17) is 0 Å². The smallest absolute Gasteiger partial charge is 0.244 e. The molecular formula is C50H74N2O3. The fourth-order valence-corrected chi connectivity index (χ4v) is 7.56. The van der Waals surface area contributed by atoms with Gasteiger partial charge in [0, 0.05) is 25.1 Å². The van der Waals surface area contributed by atoms with Crippen LogP contribution in [-0.2, 0) is 14.4 Å². The third-order valence-electron chi connectivity index (χ3n) is 11.0. The molecule has 1 atom stereocenters. The highest BCUT2D eigenvalue weighted by Crippen LogP contribution is 2.41. The number of carbonyl (C=O) groups is 3. The van der Waals surface area contributed by atoms with Crippen molar-refractivity contribution in [1.29, 1.82) is 0 Å². The second-order valence-corrected chi connectivity index (χ2v) is 17.3. The zero-order chi connectivity index (χ0) is 41.0. The van der Waals surface area contributed by atoms with Gasteiger partial charge in [-0.1, -0.05) is 124 Å². The summed E-state index contributed by atoms with van der Waals surface area (Å²) in [4.78, 5) is 38.5. The molecule has 5 nitrogen and oxygen atoms in total. The molecule has 2 N–H and O–H groups in total. The van der Waals surface area contributed by atoms with Gasteiger partial charge in [0.25, 0.3) is 0 Å². The second-order valence-electron chi connectivity index (χ2n) is 17.3. The first kappa shape index (κ1) is 47.2. The highest BCUT2D eigenvalue weighted by atomic mass is 16.2. The molecule has 0 heterocycles. The molecule has 0 aromatic heterocycles. The van der Waals surface area contributed by atoms with E-state index in [1.165, 1.54) is 60.8 Å². The van der Waals surface area contributed by atoms with Gasteiger partial charge in [-0.15, -0.1) is 0 Å². The molecule has 55 heavy (non-hydrogen) atoms. The normalized spacial score (nSPS) is 19.3. The summed E-state index contributed by atoms with van der Waals surface area (Å²) in [5, 5.41) is 5.92. The Bertz CT molecular complexity index is 1640. The van der Waals surface area contributed by atoms with Gasteiger partial charge in [0.2, 0.25) is 11.8 Å². The number of carbonyl (C=O) groups excluding carboxylic acids is 3. The Morgan fingerprint density at radius 3 is 1.64 bits per heavy atom. The molecule has 0 aliphatic heterocycles. The Kier molecular flexibility index (Phi) is 20.4. The van der Waals surface area contributed by atoms with Gasteiger partial charge in [-0.2, -0.15) is 0 Å². The SMILES string of the molecule is CCCCC(=O)C(CCCCNC(=O)/C=C(C)/C=C/C=C(C)/C=C/C1=C(C)CCCC1(C)C)NC(=O)/C=C(C)/C=C/C=C(C)/C=C/C1=C(C)CCCC1(C)C. The van der Waals surface area contributed by atoms with Crippen LogP contribution in [0, 0.1) is 10.8 Å². The maximum atomic E-state index is 13.0. The Balaban J connectivity index is 1.86. The van der Waals surface area contributed by atoms with Crippen LogP contribution in [0.1, 0.15) is 153 Å². The van der Waals surface area contributed by atoms with Gasteiger partial charge in [0.15, 0.2) is 5.78 Å². The van der Waals surface area contributed by atoms with Crippen molar-refractivity contribution in [2.75, 3.05) is 6.54 Å². The molecule has 0 saturated heterocycles. The van der Waals surface area contributed by atoms with E-state index in [-0.39, 0.29) is 28.4 Å². The van der Waals surface area contributed by atoms with Gasteiger partial charge in [0.1, 0.15) is 0 Å². The molecule has 2 rings (SSSR count). The summed E-state index contributed by atoms with van der Waals surface area (Å²) < 4.78 is 0. The van der Waals surface area contributed by atoms with Crippen molar-refractivity contribution in [3.63, 3.8) is 0 Å². The van der Waals surface area contributed by atoms with Crippen molar-refractivity contribution in [2.45, 2.75) is 159 Å². The second kappa shape index (κ2) is 23.8. The first-order chi connectivity index (χ1) is 25.9. The first-order valence-electron chi connectivity index (χ1n) is 20.9. The molecule has 0 fully saturated rings. The molecule has 2 aliphatic carbocycles. The number of hydrogen-bond donors (Lipinski definition) is 2. The molecule has 0 radical (unpaired) electrons. The molecule has 302 valence electrons. The Morgan fingerprint density at radius 1 is 0.673 bits per heavy atom. The number of ketones is 1.